The summed E-state index contributed by atoms with van der Waals surface area (Å²) in [6, 6.07) is 0. The maximum atomic E-state index is 10.8. The van der Waals surface area contributed by atoms with E-state index in [9.17, 15) is 4.57 Å². The maximum Gasteiger partial charge on any atom is 0.329 e. The average Bonchev–Trinajstić information content (AvgIpc) is 1.85. The monoisotopic (exact) mass is 167 g/mol. The Hall–Kier alpha value is 0.110. The van der Waals surface area contributed by atoms with Gasteiger partial charge in [-0.3, -0.25) is 4.57 Å². The van der Waals surface area contributed by atoms with Crippen molar-refractivity contribution in [3.63, 3.8) is 0 Å². The number of hydrogen-bond donors (Lipinski definition) is 1. The Balaban J connectivity index is 3.58. The molecular formula is C5H14NO3P. The first-order valence-electron chi connectivity index (χ1n) is 3.00. The van der Waals surface area contributed by atoms with Crippen LogP contribution in [0, 0.1) is 0 Å². The molecule has 10 heavy (non-hydrogen) atoms. The summed E-state index contributed by atoms with van der Waals surface area (Å²) < 4.78 is 15.2. The molecule has 0 spiro atoms. The Kier molecular flexibility index (Phi) is 4.13. The van der Waals surface area contributed by atoms with Crippen molar-refractivity contribution in [1.29, 1.82) is 0 Å². The Morgan fingerprint density at radius 1 is 1.60 bits per heavy atom. The highest BCUT2D eigenvalue weighted by atomic mass is 31.2. The van der Waals surface area contributed by atoms with Gasteiger partial charge in [-0.15, -0.1) is 0 Å². The van der Waals surface area contributed by atoms with E-state index in [2.05, 4.69) is 4.52 Å². The second-order valence-corrected chi connectivity index (χ2v) is 4.43. The zero-order valence-corrected chi connectivity index (χ0v) is 7.47. The van der Waals surface area contributed by atoms with Crippen molar-refractivity contribution in [2.75, 3.05) is 33.9 Å². The fourth-order valence-corrected chi connectivity index (χ4v) is 1.25. The molecule has 0 aromatic carbocycles. The van der Waals surface area contributed by atoms with Gasteiger partial charge in [-0.05, 0) is 14.1 Å². The maximum absolute atomic E-state index is 10.8. The van der Waals surface area contributed by atoms with Gasteiger partial charge < -0.3 is 14.3 Å². The van der Waals surface area contributed by atoms with Crippen LogP contribution in [0.5, 0.6) is 0 Å². The van der Waals surface area contributed by atoms with Crippen molar-refractivity contribution < 1.29 is 14.0 Å². The first-order valence-corrected chi connectivity index (χ1v) is 4.76. The smallest absolute Gasteiger partial charge is 0.324 e. The van der Waals surface area contributed by atoms with Gasteiger partial charge in [0.15, 0.2) is 0 Å². The lowest BCUT2D eigenvalue weighted by Crippen LogP contribution is -2.16. The van der Waals surface area contributed by atoms with Crippen molar-refractivity contribution >= 4 is 7.60 Å². The van der Waals surface area contributed by atoms with Crippen molar-refractivity contribution in [2.24, 2.45) is 0 Å². The van der Waals surface area contributed by atoms with E-state index < -0.39 is 7.60 Å². The lowest BCUT2D eigenvalue weighted by molar-refractivity contribution is 0.307. The molecule has 0 aliphatic rings. The molecule has 1 atom stereocenters. The number of hydrogen-bond acceptors (Lipinski definition) is 3. The topological polar surface area (TPSA) is 49.8 Å². The summed E-state index contributed by atoms with van der Waals surface area (Å²) in [5, 5.41) is 0. The van der Waals surface area contributed by atoms with Crippen molar-refractivity contribution in [3.05, 3.63) is 0 Å². The normalized spacial score (nSPS) is 17.3. The highest BCUT2D eigenvalue weighted by Gasteiger charge is 2.15. The lowest BCUT2D eigenvalue weighted by atomic mass is 10.7. The van der Waals surface area contributed by atoms with E-state index in [1.807, 2.05) is 19.0 Å². The molecule has 0 aliphatic heterocycles. The third-order valence-corrected chi connectivity index (χ3v) is 2.45. The Morgan fingerprint density at radius 3 is 2.40 bits per heavy atom. The van der Waals surface area contributed by atoms with Gasteiger partial charge in [0.05, 0.1) is 6.16 Å². The molecule has 4 nitrogen and oxygen atoms in total. The molecular weight excluding hydrogens is 153 g/mol. The van der Waals surface area contributed by atoms with Gasteiger partial charge in [0.2, 0.25) is 0 Å². The van der Waals surface area contributed by atoms with Gasteiger partial charge in [0.25, 0.3) is 0 Å². The van der Waals surface area contributed by atoms with Crippen LogP contribution in [-0.4, -0.2) is 43.7 Å². The van der Waals surface area contributed by atoms with Crippen LogP contribution in [0.2, 0.25) is 0 Å². The van der Waals surface area contributed by atoms with E-state index in [1.54, 1.807) is 0 Å². The summed E-state index contributed by atoms with van der Waals surface area (Å²) in [5.74, 6) is 0. The minimum atomic E-state index is -3.27. The van der Waals surface area contributed by atoms with Gasteiger partial charge in [0, 0.05) is 13.7 Å². The largest absolute Gasteiger partial charge is 0.329 e. The second-order valence-electron chi connectivity index (χ2n) is 2.35. The van der Waals surface area contributed by atoms with Crippen LogP contribution < -0.4 is 0 Å². The zero-order valence-electron chi connectivity index (χ0n) is 6.57. The molecule has 62 valence electrons. The third-order valence-electron chi connectivity index (χ3n) is 1.12. The Morgan fingerprint density at radius 2 is 2.10 bits per heavy atom. The van der Waals surface area contributed by atoms with Crippen molar-refractivity contribution in [1.82, 2.24) is 4.90 Å². The molecule has 1 unspecified atom stereocenters. The fourth-order valence-electron chi connectivity index (χ4n) is 0.418. The minimum absolute atomic E-state index is 0.191. The van der Waals surface area contributed by atoms with E-state index in [1.165, 1.54) is 7.11 Å². The van der Waals surface area contributed by atoms with Gasteiger partial charge in [-0.1, -0.05) is 0 Å². The molecule has 0 aliphatic carbocycles. The van der Waals surface area contributed by atoms with Crippen molar-refractivity contribution in [3.8, 4) is 0 Å². The molecule has 0 saturated heterocycles. The average molecular weight is 167 g/mol. The molecule has 1 N–H and O–H groups in total. The fraction of sp³-hybridized carbons (Fsp3) is 1.00. The predicted octanol–water partition coefficient (Wildman–Crippen LogP) is 0.380. The third kappa shape index (κ3) is 4.94. The molecule has 5 heteroatoms. The summed E-state index contributed by atoms with van der Waals surface area (Å²) in [6.45, 7) is 0.571. The lowest BCUT2D eigenvalue weighted by Gasteiger charge is -2.12. The second kappa shape index (κ2) is 4.09. The van der Waals surface area contributed by atoms with Crippen molar-refractivity contribution in [2.45, 2.75) is 0 Å². The Bertz CT molecular complexity index is 137. The molecule has 0 saturated carbocycles. The van der Waals surface area contributed by atoms with Crippen LogP contribution in [0.3, 0.4) is 0 Å². The molecule has 0 bridgehead atoms. The van der Waals surface area contributed by atoms with Gasteiger partial charge in [0.1, 0.15) is 0 Å². The van der Waals surface area contributed by atoms with E-state index >= 15 is 0 Å². The number of rotatable bonds is 4. The van der Waals surface area contributed by atoms with Gasteiger partial charge in [-0.2, -0.15) is 0 Å². The first kappa shape index (κ1) is 10.1. The molecule has 0 fully saturated rings. The van der Waals surface area contributed by atoms with Crippen LogP contribution in [0.4, 0.5) is 0 Å². The summed E-state index contributed by atoms with van der Waals surface area (Å²) in [4.78, 5) is 10.7. The summed E-state index contributed by atoms with van der Waals surface area (Å²) >= 11 is 0. The van der Waals surface area contributed by atoms with Gasteiger partial charge in [-0.25, -0.2) is 0 Å². The van der Waals surface area contributed by atoms with E-state index in [0.717, 1.165) is 0 Å². The molecule has 0 aromatic heterocycles. The van der Waals surface area contributed by atoms with Gasteiger partial charge >= 0.3 is 7.60 Å². The first-order chi connectivity index (χ1) is 4.48. The molecule has 0 radical (unpaired) electrons. The minimum Gasteiger partial charge on any atom is -0.324 e. The van der Waals surface area contributed by atoms with Crippen LogP contribution in [-0.2, 0) is 9.09 Å². The number of nitrogens with zero attached hydrogens (tertiary/aromatic N) is 1. The SMILES string of the molecule is COP(=O)(O)CCN(C)C. The summed E-state index contributed by atoms with van der Waals surface area (Å²) in [5.41, 5.74) is 0. The highest BCUT2D eigenvalue weighted by molar-refractivity contribution is 7.52. The molecule has 0 aromatic rings. The van der Waals surface area contributed by atoms with Crippen LogP contribution in [0.1, 0.15) is 0 Å². The van der Waals surface area contributed by atoms with Crippen LogP contribution >= 0.6 is 7.60 Å². The summed E-state index contributed by atoms with van der Waals surface area (Å²) in [6.07, 6.45) is 0.191. The predicted molar refractivity (Wildman–Crippen MR) is 40.3 cm³/mol. The zero-order chi connectivity index (χ0) is 8.20. The molecule has 0 rings (SSSR count). The van der Waals surface area contributed by atoms with Crippen LogP contribution in [0.15, 0.2) is 0 Å². The van der Waals surface area contributed by atoms with E-state index in [-0.39, 0.29) is 6.16 Å². The molecule has 0 heterocycles. The van der Waals surface area contributed by atoms with Crippen LogP contribution in [0.25, 0.3) is 0 Å². The quantitative estimate of drug-likeness (QED) is 0.615. The van der Waals surface area contributed by atoms with E-state index in [4.69, 9.17) is 4.89 Å². The highest BCUT2D eigenvalue weighted by Crippen LogP contribution is 2.39. The van der Waals surface area contributed by atoms with E-state index in [0.29, 0.717) is 6.54 Å². The Labute approximate surface area is 61.3 Å². The standard InChI is InChI=1S/C5H14NO3P/c1-6(2)4-5-10(7,8)9-3/h4-5H2,1-3H3,(H,7,8). The molecule has 0 amide bonds. The summed E-state index contributed by atoms with van der Waals surface area (Å²) in [7, 11) is 1.66.